The van der Waals surface area contributed by atoms with Crippen LogP contribution in [0, 0.1) is 5.92 Å². The second-order valence-corrected chi connectivity index (χ2v) is 11.7. The summed E-state index contributed by atoms with van der Waals surface area (Å²) in [5, 5.41) is 14.9. The first-order valence-electron chi connectivity index (χ1n) is 13.9. The van der Waals surface area contributed by atoms with E-state index in [1.54, 1.807) is 25.5 Å². The van der Waals surface area contributed by atoms with Gasteiger partial charge in [0.2, 0.25) is 5.91 Å². The molecule has 4 N–H and O–H groups in total. The smallest absolute Gasteiger partial charge is 0.224 e. The Morgan fingerprint density at radius 3 is 2.79 bits per heavy atom. The number of nitrogens with zero attached hydrogens (tertiary/aromatic N) is 4. The Kier molecular flexibility index (Phi) is 6.80. The van der Waals surface area contributed by atoms with Crippen molar-refractivity contribution in [1.29, 1.82) is 0 Å². The maximum absolute atomic E-state index is 12.7. The number of Topliss-reactive ketones (excluding diaryl/α,β-unsaturated/α-hetero) is 1. The number of ketones is 1. The van der Waals surface area contributed by atoms with Gasteiger partial charge in [-0.1, -0.05) is 0 Å². The van der Waals surface area contributed by atoms with Gasteiger partial charge in [0.05, 0.1) is 33.7 Å². The molecule has 0 spiro atoms. The molecule has 7 heterocycles. The summed E-state index contributed by atoms with van der Waals surface area (Å²) in [5.74, 6) is 0.468. The van der Waals surface area contributed by atoms with Crippen molar-refractivity contribution in [1.82, 2.24) is 35.5 Å². The van der Waals surface area contributed by atoms with E-state index in [-0.39, 0.29) is 11.7 Å². The number of piperidine rings is 1. The number of rotatable bonds is 7. The third kappa shape index (κ3) is 5.08. The summed E-state index contributed by atoms with van der Waals surface area (Å²) in [7, 11) is 0. The first kappa shape index (κ1) is 26.2. The Morgan fingerprint density at radius 2 is 1.95 bits per heavy atom. The predicted octanol–water partition coefficient (Wildman–Crippen LogP) is 5.82. The maximum Gasteiger partial charge on any atom is 0.224 e. The molecule has 7 rings (SSSR count). The molecule has 0 aromatic carbocycles. The molecule has 210 valence electrons. The van der Waals surface area contributed by atoms with Crippen LogP contribution >= 0.6 is 11.3 Å². The molecule has 1 amide bonds. The van der Waals surface area contributed by atoms with Crippen molar-refractivity contribution < 1.29 is 9.59 Å². The molecular formula is C31H28N8O2S. The van der Waals surface area contributed by atoms with E-state index < -0.39 is 0 Å². The van der Waals surface area contributed by atoms with E-state index in [4.69, 9.17) is 4.98 Å². The second-order valence-electron chi connectivity index (χ2n) is 10.6. The van der Waals surface area contributed by atoms with Crippen LogP contribution in [0.1, 0.15) is 35.9 Å². The molecule has 0 aliphatic carbocycles. The van der Waals surface area contributed by atoms with E-state index >= 15 is 0 Å². The van der Waals surface area contributed by atoms with Gasteiger partial charge in [-0.05, 0) is 81.2 Å². The molecule has 0 saturated carbocycles. The molecule has 0 radical (unpaired) electrons. The molecule has 10 nitrogen and oxygen atoms in total. The van der Waals surface area contributed by atoms with Gasteiger partial charge in [0, 0.05) is 40.2 Å². The van der Waals surface area contributed by atoms with Gasteiger partial charge < -0.3 is 15.6 Å². The SMILES string of the molecule is CC(=O)c1ccc(-c2ccnc3[nH]c(-c4n[nH]c5ccc(-c6cncc(NC(=O)CC7CCNCC7)c6)nc45)cc23)s1. The quantitative estimate of drug-likeness (QED) is 0.175. The Hall–Kier alpha value is -4.74. The highest BCUT2D eigenvalue weighted by atomic mass is 32.1. The second kappa shape index (κ2) is 10.9. The highest BCUT2D eigenvalue weighted by Crippen LogP contribution is 2.36. The topological polar surface area (TPSA) is 141 Å². The summed E-state index contributed by atoms with van der Waals surface area (Å²) < 4.78 is 0. The zero-order valence-electron chi connectivity index (χ0n) is 22.9. The lowest BCUT2D eigenvalue weighted by Gasteiger charge is -2.21. The minimum absolute atomic E-state index is 0.00763. The van der Waals surface area contributed by atoms with Crippen molar-refractivity contribution in [3.05, 3.63) is 65.9 Å². The van der Waals surface area contributed by atoms with Crippen LogP contribution in [-0.2, 0) is 4.79 Å². The largest absolute Gasteiger partial charge is 0.338 e. The van der Waals surface area contributed by atoms with Crippen LogP contribution in [0.4, 0.5) is 5.69 Å². The van der Waals surface area contributed by atoms with Gasteiger partial charge in [0.1, 0.15) is 16.9 Å². The highest BCUT2D eigenvalue weighted by Gasteiger charge is 2.19. The predicted molar refractivity (Wildman–Crippen MR) is 164 cm³/mol. The average Bonchev–Trinajstić information content (AvgIpc) is 3.75. The van der Waals surface area contributed by atoms with Crippen LogP contribution in [0.15, 0.2) is 61.1 Å². The summed E-state index contributed by atoms with van der Waals surface area (Å²) in [5.41, 5.74) is 6.84. The van der Waals surface area contributed by atoms with E-state index in [1.165, 1.54) is 11.3 Å². The van der Waals surface area contributed by atoms with Crippen molar-refractivity contribution in [3.63, 3.8) is 0 Å². The zero-order chi connectivity index (χ0) is 28.6. The minimum atomic E-state index is 0.00763. The van der Waals surface area contributed by atoms with Crippen molar-refractivity contribution in [3.8, 4) is 33.1 Å². The van der Waals surface area contributed by atoms with E-state index in [9.17, 15) is 9.59 Å². The van der Waals surface area contributed by atoms with Crippen LogP contribution in [0.5, 0.6) is 0 Å². The molecule has 6 aromatic heterocycles. The van der Waals surface area contributed by atoms with Gasteiger partial charge in [-0.15, -0.1) is 11.3 Å². The number of carbonyl (C=O) groups is 2. The average molecular weight is 577 g/mol. The third-order valence-electron chi connectivity index (χ3n) is 7.66. The fourth-order valence-electron chi connectivity index (χ4n) is 5.50. The maximum atomic E-state index is 12.7. The number of thiophene rings is 1. The van der Waals surface area contributed by atoms with Crippen molar-refractivity contribution >= 4 is 50.8 Å². The minimum Gasteiger partial charge on any atom is -0.338 e. The van der Waals surface area contributed by atoms with Crippen molar-refractivity contribution in [2.75, 3.05) is 18.4 Å². The van der Waals surface area contributed by atoms with Crippen LogP contribution in [0.2, 0.25) is 0 Å². The van der Waals surface area contributed by atoms with Crippen LogP contribution in [-0.4, -0.2) is 54.9 Å². The summed E-state index contributed by atoms with van der Waals surface area (Å²) in [6, 6.07) is 13.6. The van der Waals surface area contributed by atoms with Gasteiger partial charge in [0.25, 0.3) is 0 Å². The van der Waals surface area contributed by atoms with E-state index in [0.717, 1.165) is 74.8 Å². The molecule has 6 aromatic rings. The number of carbonyl (C=O) groups excluding carboxylic acids is 2. The fraction of sp³-hybridized carbons (Fsp3) is 0.226. The number of aromatic nitrogens is 6. The molecular weight excluding hydrogens is 548 g/mol. The lowest BCUT2D eigenvalue weighted by atomic mass is 9.94. The summed E-state index contributed by atoms with van der Waals surface area (Å²) in [4.78, 5) is 43.5. The van der Waals surface area contributed by atoms with E-state index in [2.05, 4.69) is 35.8 Å². The van der Waals surface area contributed by atoms with Crippen molar-refractivity contribution in [2.45, 2.75) is 26.2 Å². The number of hydrogen-bond acceptors (Lipinski definition) is 8. The Balaban J connectivity index is 1.19. The Morgan fingerprint density at radius 1 is 1.07 bits per heavy atom. The summed E-state index contributed by atoms with van der Waals surface area (Å²) in [6.07, 6.45) is 7.71. The van der Waals surface area contributed by atoms with Gasteiger partial charge in [-0.2, -0.15) is 5.10 Å². The van der Waals surface area contributed by atoms with Crippen LogP contribution < -0.4 is 10.6 Å². The number of aromatic amines is 2. The lowest BCUT2D eigenvalue weighted by molar-refractivity contribution is -0.117. The number of fused-ring (bicyclic) bond motifs is 2. The molecule has 1 fully saturated rings. The molecule has 42 heavy (non-hydrogen) atoms. The first-order valence-corrected chi connectivity index (χ1v) is 14.7. The lowest BCUT2D eigenvalue weighted by Crippen LogP contribution is -2.30. The van der Waals surface area contributed by atoms with Gasteiger partial charge in [0.15, 0.2) is 5.78 Å². The third-order valence-corrected chi connectivity index (χ3v) is 8.88. The van der Waals surface area contributed by atoms with Crippen LogP contribution in [0.25, 0.3) is 55.2 Å². The number of pyridine rings is 3. The van der Waals surface area contributed by atoms with Crippen LogP contribution in [0.3, 0.4) is 0 Å². The fourth-order valence-corrected chi connectivity index (χ4v) is 6.44. The molecule has 0 unspecified atom stereocenters. The first-order chi connectivity index (χ1) is 20.5. The van der Waals surface area contributed by atoms with E-state index in [1.807, 2.05) is 42.5 Å². The monoisotopic (exact) mass is 576 g/mol. The molecule has 0 atom stereocenters. The standard InChI is InChI=1S/C31H28N8O2S/c1-17(40)26-4-5-27(42-26)21-8-11-34-31-22(21)14-25(37-31)30-29-24(38-39-30)3-2-23(36-29)19-13-20(16-33-15-19)35-28(41)12-18-6-9-32-10-7-18/h2-5,8,11,13-16,18,32H,6-7,9-10,12H2,1H3,(H,34,37)(H,35,41)(H,38,39). The number of anilines is 1. The number of nitrogens with one attached hydrogen (secondary N) is 4. The Labute approximate surface area is 245 Å². The van der Waals surface area contributed by atoms with Gasteiger partial charge in [-0.25, -0.2) is 9.97 Å². The molecule has 1 saturated heterocycles. The number of amides is 1. The highest BCUT2D eigenvalue weighted by molar-refractivity contribution is 7.17. The van der Waals surface area contributed by atoms with E-state index in [0.29, 0.717) is 29.2 Å². The normalized spacial score (nSPS) is 14.0. The number of H-pyrrole nitrogens is 2. The van der Waals surface area contributed by atoms with Crippen molar-refractivity contribution in [2.24, 2.45) is 5.92 Å². The van der Waals surface area contributed by atoms with Gasteiger partial charge in [-0.3, -0.25) is 19.7 Å². The Bertz CT molecular complexity index is 1950. The number of hydrogen-bond donors (Lipinski definition) is 4. The summed E-state index contributed by atoms with van der Waals surface area (Å²) >= 11 is 1.47. The zero-order valence-corrected chi connectivity index (χ0v) is 23.7. The molecule has 1 aliphatic heterocycles. The molecule has 11 heteroatoms. The molecule has 0 bridgehead atoms. The summed E-state index contributed by atoms with van der Waals surface area (Å²) in [6.45, 7) is 3.51. The van der Waals surface area contributed by atoms with Gasteiger partial charge >= 0.3 is 0 Å². The molecule has 1 aliphatic rings.